The van der Waals surface area contributed by atoms with Gasteiger partial charge in [0.05, 0.1) is 23.4 Å². The third-order valence-corrected chi connectivity index (χ3v) is 3.77. The molecule has 0 fully saturated rings. The van der Waals surface area contributed by atoms with Gasteiger partial charge < -0.3 is 15.4 Å². The van der Waals surface area contributed by atoms with Crippen LogP contribution >= 0.6 is 0 Å². The Morgan fingerprint density at radius 3 is 2.00 bits per heavy atom. The Balaban J connectivity index is 2.13. The normalized spacial score (nSPS) is 11.7. The molecule has 0 unspecified atom stereocenters. The fourth-order valence-corrected chi connectivity index (χ4v) is 2.36. The summed E-state index contributed by atoms with van der Waals surface area (Å²) in [6.07, 6.45) is -10.0. The molecule has 0 saturated carbocycles. The maximum absolute atomic E-state index is 14.1. The van der Waals surface area contributed by atoms with Crippen molar-refractivity contribution in [3.63, 3.8) is 0 Å². The van der Waals surface area contributed by atoms with Crippen LogP contribution in [-0.4, -0.2) is 18.4 Å². The Kier molecular flexibility index (Phi) is 7.13. The lowest BCUT2D eigenvalue weighted by atomic mass is 10.1. The van der Waals surface area contributed by atoms with E-state index >= 15 is 0 Å². The van der Waals surface area contributed by atoms with Crippen LogP contribution in [0.3, 0.4) is 0 Å². The molecule has 0 aliphatic heterocycles. The van der Waals surface area contributed by atoms with Gasteiger partial charge in [0, 0.05) is 13.0 Å². The van der Waals surface area contributed by atoms with Crippen molar-refractivity contribution >= 4 is 17.5 Å². The van der Waals surface area contributed by atoms with Crippen LogP contribution in [0.4, 0.5) is 36.4 Å². The van der Waals surface area contributed by atoms with Crippen molar-refractivity contribution in [2.24, 2.45) is 0 Å². The molecular weight excluding hydrogens is 437 g/mol. The van der Waals surface area contributed by atoms with Crippen LogP contribution in [0.5, 0.6) is 5.75 Å². The van der Waals surface area contributed by atoms with Gasteiger partial charge in [-0.05, 0) is 35.9 Å². The van der Waals surface area contributed by atoms with E-state index in [4.69, 9.17) is 4.74 Å². The van der Waals surface area contributed by atoms with Crippen LogP contribution < -0.4 is 15.4 Å². The van der Waals surface area contributed by atoms with Crippen molar-refractivity contribution in [1.82, 2.24) is 5.32 Å². The minimum atomic E-state index is -5.00. The number of hydrogen-bond donors (Lipinski definition) is 2. The van der Waals surface area contributed by atoms with Crippen LogP contribution in [0.2, 0.25) is 0 Å². The van der Waals surface area contributed by atoms with E-state index in [9.17, 15) is 40.3 Å². The molecule has 2 N–H and O–H groups in total. The first kappa shape index (κ1) is 24.0. The zero-order valence-electron chi connectivity index (χ0n) is 15.7. The molecule has 0 aliphatic carbocycles. The average Bonchev–Trinajstić information content (AvgIpc) is 2.65. The molecule has 0 bridgehead atoms. The van der Waals surface area contributed by atoms with E-state index in [0.717, 1.165) is 18.2 Å². The van der Waals surface area contributed by atoms with E-state index in [1.54, 1.807) is 0 Å². The summed E-state index contributed by atoms with van der Waals surface area (Å²) in [5, 5.41) is 4.39. The lowest BCUT2D eigenvalue weighted by Gasteiger charge is -2.15. The quantitative estimate of drug-likeness (QED) is 0.634. The Hall–Kier alpha value is -3.31. The molecule has 0 aromatic heterocycles. The number of rotatable bonds is 6. The van der Waals surface area contributed by atoms with Crippen LogP contribution in [0, 0.1) is 5.82 Å². The smallest absolute Gasteiger partial charge is 0.416 e. The predicted octanol–water partition coefficient (Wildman–Crippen LogP) is 4.52. The average molecular weight is 452 g/mol. The summed E-state index contributed by atoms with van der Waals surface area (Å²) in [5.74, 6) is -2.34. The van der Waals surface area contributed by atoms with E-state index in [2.05, 4.69) is 10.6 Å². The third kappa shape index (κ3) is 7.15. The highest BCUT2D eigenvalue weighted by atomic mass is 19.4. The van der Waals surface area contributed by atoms with Crippen LogP contribution in [0.15, 0.2) is 36.4 Å². The van der Waals surface area contributed by atoms with E-state index in [0.29, 0.717) is 12.1 Å². The number of amides is 2. The number of carbonyl (C=O) groups is 2. The molecule has 0 heterocycles. The van der Waals surface area contributed by atoms with Gasteiger partial charge >= 0.3 is 12.4 Å². The summed E-state index contributed by atoms with van der Waals surface area (Å²) < 4.78 is 96.5. The van der Waals surface area contributed by atoms with Gasteiger partial charge in [-0.3, -0.25) is 9.59 Å². The summed E-state index contributed by atoms with van der Waals surface area (Å²) in [4.78, 5) is 22.3. The Morgan fingerprint density at radius 1 is 0.935 bits per heavy atom. The maximum Gasteiger partial charge on any atom is 0.416 e. The number of anilines is 1. The zero-order valence-corrected chi connectivity index (χ0v) is 15.7. The standard InChI is InChI=1S/C19H15F7N2O3/c1-10(29)27-8-17(30)28-16-3-2-14(7-15(16)20)31-9-11-4-12(18(21,22)23)6-13(5-11)19(24,25)26/h2-7H,8-9H2,1H3,(H,27,29)(H,28,30). The second-order valence-corrected chi connectivity index (χ2v) is 6.30. The Morgan fingerprint density at radius 2 is 1.52 bits per heavy atom. The maximum atomic E-state index is 14.1. The number of hydrogen-bond acceptors (Lipinski definition) is 3. The highest BCUT2D eigenvalue weighted by Gasteiger charge is 2.36. The number of ether oxygens (including phenoxy) is 1. The van der Waals surface area contributed by atoms with E-state index < -0.39 is 59.8 Å². The molecule has 0 saturated heterocycles. The van der Waals surface area contributed by atoms with E-state index in [1.165, 1.54) is 6.92 Å². The molecular formula is C19H15F7N2O3. The first-order valence-electron chi connectivity index (χ1n) is 8.50. The van der Waals surface area contributed by atoms with Crippen molar-refractivity contribution in [2.45, 2.75) is 25.9 Å². The fourth-order valence-electron chi connectivity index (χ4n) is 2.36. The largest absolute Gasteiger partial charge is 0.489 e. The summed E-state index contributed by atoms with van der Waals surface area (Å²) in [6, 6.07) is 4.04. The molecule has 2 rings (SSSR count). The van der Waals surface area contributed by atoms with Gasteiger partial charge in [0.1, 0.15) is 18.2 Å². The molecule has 2 aromatic carbocycles. The first-order valence-corrected chi connectivity index (χ1v) is 8.50. The molecule has 5 nitrogen and oxygen atoms in total. The molecule has 2 aromatic rings. The highest BCUT2D eigenvalue weighted by Crippen LogP contribution is 2.36. The summed E-state index contributed by atoms with van der Waals surface area (Å²) in [6.45, 7) is 0.0901. The second kappa shape index (κ2) is 9.23. The second-order valence-electron chi connectivity index (χ2n) is 6.30. The van der Waals surface area contributed by atoms with Crippen LogP contribution in [-0.2, 0) is 28.5 Å². The SMILES string of the molecule is CC(=O)NCC(=O)Nc1ccc(OCc2cc(C(F)(F)F)cc(C(F)(F)F)c2)cc1F. The van der Waals surface area contributed by atoms with Gasteiger partial charge in [-0.15, -0.1) is 0 Å². The summed E-state index contributed by atoms with van der Waals surface area (Å²) in [5.41, 5.74) is -3.68. The third-order valence-electron chi connectivity index (χ3n) is 3.77. The van der Waals surface area contributed by atoms with Crippen molar-refractivity contribution in [1.29, 1.82) is 0 Å². The topological polar surface area (TPSA) is 67.4 Å². The van der Waals surface area contributed by atoms with Gasteiger partial charge in [-0.25, -0.2) is 4.39 Å². The molecule has 0 atom stereocenters. The number of carbonyl (C=O) groups excluding carboxylic acids is 2. The number of nitrogens with one attached hydrogen (secondary N) is 2. The molecule has 2 amide bonds. The lowest BCUT2D eigenvalue weighted by Crippen LogP contribution is -2.31. The minimum absolute atomic E-state index is 0.0123. The summed E-state index contributed by atoms with van der Waals surface area (Å²) >= 11 is 0. The first-order chi connectivity index (χ1) is 14.3. The van der Waals surface area contributed by atoms with Gasteiger partial charge in [0.25, 0.3) is 0 Å². The number of alkyl halides is 6. The van der Waals surface area contributed by atoms with Crippen molar-refractivity contribution in [2.75, 3.05) is 11.9 Å². The van der Waals surface area contributed by atoms with E-state index in [-0.39, 0.29) is 17.5 Å². The van der Waals surface area contributed by atoms with E-state index in [1.807, 2.05) is 0 Å². The van der Waals surface area contributed by atoms with Gasteiger partial charge in [0.2, 0.25) is 11.8 Å². The number of benzene rings is 2. The molecule has 31 heavy (non-hydrogen) atoms. The van der Waals surface area contributed by atoms with Crippen LogP contribution in [0.25, 0.3) is 0 Å². The van der Waals surface area contributed by atoms with Gasteiger partial charge in [-0.1, -0.05) is 0 Å². The molecule has 0 aliphatic rings. The summed E-state index contributed by atoms with van der Waals surface area (Å²) in [7, 11) is 0. The Bertz CT molecular complexity index is 940. The lowest BCUT2D eigenvalue weighted by molar-refractivity contribution is -0.143. The van der Waals surface area contributed by atoms with Crippen molar-refractivity contribution in [3.8, 4) is 5.75 Å². The molecule has 0 radical (unpaired) electrons. The van der Waals surface area contributed by atoms with Crippen molar-refractivity contribution in [3.05, 3.63) is 58.9 Å². The van der Waals surface area contributed by atoms with Crippen LogP contribution in [0.1, 0.15) is 23.6 Å². The molecule has 168 valence electrons. The monoisotopic (exact) mass is 452 g/mol. The van der Waals surface area contributed by atoms with Crippen molar-refractivity contribution < 1.29 is 45.1 Å². The minimum Gasteiger partial charge on any atom is -0.489 e. The zero-order chi connectivity index (χ0) is 23.4. The number of halogens is 7. The highest BCUT2D eigenvalue weighted by molar-refractivity contribution is 5.94. The molecule has 0 spiro atoms. The van der Waals surface area contributed by atoms with Gasteiger partial charge in [0.15, 0.2) is 0 Å². The molecule has 12 heteroatoms. The van der Waals surface area contributed by atoms with Gasteiger partial charge in [-0.2, -0.15) is 26.3 Å². The fraction of sp³-hybridized carbons (Fsp3) is 0.263. The predicted molar refractivity (Wildman–Crippen MR) is 94.5 cm³/mol. The Labute approximate surface area is 171 Å².